The molecule has 0 bridgehead atoms. The number of aliphatic imine (C=N–C) groups is 1. The van der Waals surface area contributed by atoms with Crippen LogP contribution < -0.4 is 0 Å². The summed E-state index contributed by atoms with van der Waals surface area (Å²) in [5, 5.41) is 0. The van der Waals surface area contributed by atoms with Gasteiger partial charge in [0, 0.05) is 18.4 Å². The first kappa shape index (κ1) is 11.4. The van der Waals surface area contributed by atoms with E-state index >= 15 is 0 Å². The van der Waals surface area contributed by atoms with Crippen molar-refractivity contribution in [2.24, 2.45) is 16.8 Å². The molecule has 0 N–H and O–H groups in total. The normalized spacial score (nSPS) is 39.9. The molecule has 3 heteroatoms. The molecule has 1 aliphatic carbocycles. The number of halogens is 1. The zero-order valence-corrected chi connectivity index (χ0v) is 11.5. The van der Waals surface area contributed by atoms with Gasteiger partial charge in [0.2, 0.25) is 0 Å². The van der Waals surface area contributed by atoms with Crippen molar-refractivity contribution in [3.05, 3.63) is 34.9 Å². The van der Waals surface area contributed by atoms with Crippen molar-refractivity contribution < 1.29 is 4.74 Å². The van der Waals surface area contributed by atoms with Crippen molar-refractivity contribution in [2.45, 2.75) is 18.9 Å². The minimum atomic E-state index is -0.239. The standard InChI is InChI=1S/C14H16BrNO/c1-10(15)8-11-9-17-14-6-3-2-4-13(14)16-7-5-12(11)14/h2-4,6,8,11-12H,5,7,9H2,1H3/b10-8+. The topological polar surface area (TPSA) is 21.6 Å². The molecule has 2 heterocycles. The van der Waals surface area contributed by atoms with Crippen LogP contribution in [0.5, 0.6) is 0 Å². The maximum Gasteiger partial charge on any atom is 0.131 e. The van der Waals surface area contributed by atoms with Gasteiger partial charge in [-0.1, -0.05) is 34.2 Å². The average molecular weight is 294 g/mol. The largest absolute Gasteiger partial charge is 0.364 e. The molecule has 2 nitrogen and oxygen atoms in total. The highest BCUT2D eigenvalue weighted by Crippen LogP contribution is 2.45. The number of nitrogens with zero attached hydrogens (tertiary/aromatic N) is 1. The van der Waals surface area contributed by atoms with E-state index in [1.807, 2.05) is 0 Å². The third-order valence-electron chi connectivity index (χ3n) is 3.86. The molecule has 1 fully saturated rings. The van der Waals surface area contributed by atoms with Crippen LogP contribution in [0.15, 0.2) is 39.9 Å². The summed E-state index contributed by atoms with van der Waals surface area (Å²) in [6, 6.07) is 0. The first-order chi connectivity index (χ1) is 8.22. The lowest BCUT2D eigenvalue weighted by Gasteiger charge is -2.37. The summed E-state index contributed by atoms with van der Waals surface area (Å²) in [5.74, 6) is 1.03. The molecule has 0 aromatic carbocycles. The predicted molar refractivity (Wildman–Crippen MR) is 73.5 cm³/mol. The molecule has 90 valence electrons. The Morgan fingerprint density at radius 2 is 2.47 bits per heavy atom. The van der Waals surface area contributed by atoms with Crippen LogP contribution in [-0.2, 0) is 4.74 Å². The fourth-order valence-corrected chi connectivity index (χ4v) is 3.50. The SMILES string of the molecule is C/C(Br)=C\C1COC23C=CC=CC2=NCCC13. The van der Waals surface area contributed by atoms with Crippen LogP contribution in [0.1, 0.15) is 13.3 Å². The van der Waals surface area contributed by atoms with Crippen LogP contribution in [0.4, 0.5) is 0 Å². The molecular weight excluding hydrogens is 278 g/mol. The lowest BCUT2D eigenvalue weighted by molar-refractivity contribution is 0.0738. The molecule has 1 spiro atoms. The Morgan fingerprint density at radius 1 is 1.59 bits per heavy atom. The van der Waals surface area contributed by atoms with Gasteiger partial charge in [-0.25, -0.2) is 0 Å². The van der Waals surface area contributed by atoms with E-state index in [-0.39, 0.29) is 5.60 Å². The zero-order valence-electron chi connectivity index (χ0n) is 9.90. The van der Waals surface area contributed by atoms with Crippen molar-refractivity contribution in [3.8, 4) is 0 Å². The van der Waals surface area contributed by atoms with E-state index < -0.39 is 0 Å². The fourth-order valence-electron chi connectivity index (χ4n) is 3.16. The van der Waals surface area contributed by atoms with Crippen molar-refractivity contribution in [1.29, 1.82) is 0 Å². The molecular formula is C14H16BrNO. The van der Waals surface area contributed by atoms with Gasteiger partial charge < -0.3 is 4.74 Å². The molecule has 0 saturated carbocycles. The van der Waals surface area contributed by atoms with Crippen LogP contribution in [0.3, 0.4) is 0 Å². The molecule has 1 saturated heterocycles. The van der Waals surface area contributed by atoms with Gasteiger partial charge in [0.05, 0.1) is 12.3 Å². The van der Waals surface area contributed by atoms with E-state index in [1.54, 1.807) is 0 Å². The minimum Gasteiger partial charge on any atom is -0.364 e. The Balaban J connectivity index is 1.98. The highest BCUT2D eigenvalue weighted by atomic mass is 79.9. The van der Waals surface area contributed by atoms with E-state index in [0.717, 1.165) is 25.3 Å². The second kappa shape index (κ2) is 4.21. The Kier molecular flexibility index (Phi) is 2.83. The molecule has 3 aliphatic rings. The van der Waals surface area contributed by atoms with Gasteiger partial charge in [-0.05, 0) is 30.0 Å². The van der Waals surface area contributed by atoms with Gasteiger partial charge >= 0.3 is 0 Å². The maximum absolute atomic E-state index is 6.13. The Hall–Kier alpha value is -0.670. The average Bonchev–Trinajstić information content (AvgIpc) is 2.66. The molecule has 0 aromatic heterocycles. The van der Waals surface area contributed by atoms with Gasteiger partial charge in [0.15, 0.2) is 0 Å². The molecule has 0 amide bonds. The molecule has 0 aromatic rings. The quantitative estimate of drug-likeness (QED) is 0.727. The van der Waals surface area contributed by atoms with Gasteiger partial charge in [-0.3, -0.25) is 4.99 Å². The minimum absolute atomic E-state index is 0.239. The van der Waals surface area contributed by atoms with E-state index in [1.165, 1.54) is 4.48 Å². The van der Waals surface area contributed by atoms with Crippen molar-refractivity contribution in [1.82, 2.24) is 0 Å². The molecule has 2 aliphatic heterocycles. The number of ether oxygens (including phenoxy) is 1. The van der Waals surface area contributed by atoms with E-state index in [0.29, 0.717) is 11.8 Å². The first-order valence-electron chi connectivity index (χ1n) is 6.11. The monoisotopic (exact) mass is 293 g/mol. The highest BCUT2D eigenvalue weighted by molar-refractivity contribution is 9.11. The third-order valence-corrected chi connectivity index (χ3v) is 4.12. The van der Waals surface area contributed by atoms with Crippen LogP contribution in [0, 0.1) is 11.8 Å². The lowest BCUT2D eigenvalue weighted by atomic mass is 9.73. The number of hydrogen-bond acceptors (Lipinski definition) is 2. The summed E-state index contributed by atoms with van der Waals surface area (Å²) in [4.78, 5) is 4.62. The van der Waals surface area contributed by atoms with Crippen molar-refractivity contribution in [3.63, 3.8) is 0 Å². The Morgan fingerprint density at radius 3 is 3.29 bits per heavy atom. The van der Waals surface area contributed by atoms with Crippen LogP contribution in [-0.4, -0.2) is 24.5 Å². The van der Waals surface area contributed by atoms with Crippen LogP contribution in [0.25, 0.3) is 0 Å². The molecule has 3 unspecified atom stereocenters. The van der Waals surface area contributed by atoms with E-state index in [2.05, 4.69) is 58.2 Å². The van der Waals surface area contributed by atoms with Gasteiger partial charge in [0.25, 0.3) is 0 Å². The van der Waals surface area contributed by atoms with Crippen molar-refractivity contribution >= 4 is 21.6 Å². The molecule has 3 rings (SSSR count). The van der Waals surface area contributed by atoms with Gasteiger partial charge in [0.1, 0.15) is 5.60 Å². The molecule has 17 heavy (non-hydrogen) atoms. The van der Waals surface area contributed by atoms with Crippen molar-refractivity contribution in [2.75, 3.05) is 13.2 Å². The Bertz CT molecular complexity index is 445. The summed E-state index contributed by atoms with van der Waals surface area (Å²) in [6.45, 7) is 3.80. The van der Waals surface area contributed by atoms with Crippen LogP contribution >= 0.6 is 15.9 Å². The number of hydrogen-bond donors (Lipinski definition) is 0. The second-order valence-corrected chi connectivity index (χ2v) is 6.15. The number of rotatable bonds is 1. The molecule has 3 atom stereocenters. The van der Waals surface area contributed by atoms with E-state index in [9.17, 15) is 0 Å². The summed E-state index contributed by atoms with van der Waals surface area (Å²) in [7, 11) is 0. The Labute approximate surface area is 110 Å². The summed E-state index contributed by atoms with van der Waals surface area (Å²) < 4.78 is 7.32. The maximum atomic E-state index is 6.13. The second-order valence-electron chi connectivity index (χ2n) is 4.90. The zero-order chi connectivity index (χ0) is 11.9. The summed E-state index contributed by atoms with van der Waals surface area (Å²) in [5.41, 5.74) is 0.871. The summed E-state index contributed by atoms with van der Waals surface area (Å²) in [6.07, 6.45) is 11.8. The van der Waals surface area contributed by atoms with Gasteiger partial charge in [-0.15, -0.1) is 0 Å². The molecule has 0 radical (unpaired) electrons. The fraction of sp³-hybridized carbons (Fsp3) is 0.500. The van der Waals surface area contributed by atoms with Gasteiger partial charge in [-0.2, -0.15) is 0 Å². The van der Waals surface area contributed by atoms with E-state index in [4.69, 9.17) is 4.74 Å². The predicted octanol–water partition coefficient (Wildman–Crippen LogP) is 3.26. The number of allylic oxidation sites excluding steroid dienone is 3. The smallest absolute Gasteiger partial charge is 0.131 e. The third kappa shape index (κ3) is 1.76. The highest BCUT2D eigenvalue weighted by Gasteiger charge is 2.51. The lowest BCUT2D eigenvalue weighted by Crippen LogP contribution is -2.46. The summed E-state index contributed by atoms with van der Waals surface area (Å²) >= 11 is 3.53. The first-order valence-corrected chi connectivity index (χ1v) is 6.90. The van der Waals surface area contributed by atoms with Crippen LogP contribution in [0.2, 0.25) is 0 Å².